The number of benzene rings is 2. The number of carbonyl (C=O) groups is 1. The molecule has 7 heteroatoms. The molecule has 0 aliphatic heterocycles. The lowest BCUT2D eigenvalue weighted by molar-refractivity contribution is -0.116. The molecule has 29 heavy (non-hydrogen) atoms. The molecule has 0 spiro atoms. The molecule has 152 valence electrons. The second kappa shape index (κ2) is 9.23. The van der Waals surface area contributed by atoms with Gasteiger partial charge in [0.05, 0.1) is 23.2 Å². The fraction of sp³-hybridized carbons (Fsp3) is 0.318. The Morgan fingerprint density at radius 2 is 1.72 bits per heavy atom. The van der Waals surface area contributed by atoms with Crippen molar-refractivity contribution in [2.75, 3.05) is 11.9 Å². The lowest BCUT2D eigenvalue weighted by Crippen LogP contribution is -2.41. The number of amides is 1. The quantitative estimate of drug-likeness (QED) is 0.595. The molecule has 0 unspecified atom stereocenters. The van der Waals surface area contributed by atoms with Gasteiger partial charge < -0.3 is 10.1 Å². The minimum atomic E-state index is -0.501. The summed E-state index contributed by atoms with van der Waals surface area (Å²) in [6.45, 7) is 4.40. The van der Waals surface area contributed by atoms with Gasteiger partial charge in [0.25, 0.3) is 5.56 Å². The Morgan fingerprint density at radius 3 is 2.48 bits per heavy atom. The van der Waals surface area contributed by atoms with Crippen LogP contribution in [-0.2, 0) is 17.9 Å². The van der Waals surface area contributed by atoms with Gasteiger partial charge in [0.2, 0.25) is 5.91 Å². The summed E-state index contributed by atoms with van der Waals surface area (Å²) in [5.74, 6) is 0.218. The fourth-order valence-corrected chi connectivity index (χ4v) is 3.16. The average molecular weight is 395 g/mol. The maximum atomic E-state index is 12.8. The molecule has 1 N–H and O–H groups in total. The molecule has 1 amide bonds. The smallest absolute Gasteiger partial charge is 0.331 e. The van der Waals surface area contributed by atoms with Crippen LogP contribution in [0.25, 0.3) is 10.9 Å². The molecule has 0 atom stereocenters. The van der Waals surface area contributed by atoms with E-state index in [1.807, 2.05) is 6.07 Å². The fourth-order valence-electron chi connectivity index (χ4n) is 3.16. The highest BCUT2D eigenvalue weighted by atomic mass is 16.5. The Balaban J connectivity index is 1.90. The van der Waals surface area contributed by atoms with Crippen molar-refractivity contribution >= 4 is 22.5 Å². The molecule has 2 aromatic carbocycles. The Morgan fingerprint density at radius 1 is 1.00 bits per heavy atom. The molecule has 0 saturated heterocycles. The van der Waals surface area contributed by atoms with Crippen molar-refractivity contribution in [1.29, 1.82) is 0 Å². The van der Waals surface area contributed by atoms with E-state index in [-0.39, 0.29) is 24.6 Å². The lowest BCUT2D eigenvalue weighted by Gasteiger charge is -2.15. The van der Waals surface area contributed by atoms with Crippen molar-refractivity contribution in [3.8, 4) is 5.75 Å². The van der Waals surface area contributed by atoms with Crippen molar-refractivity contribution in [3.05, 3.63) is 69.4 Å². The molecule has 0 fully saturated rings. The molecule has 0 saturated carbocycles. The van der Waals surface area contributed by atoms with Crippen molar-refractivity contribution < 1.29 is 9.53 Å². The van der Waals surface area contributed by atoms with E-state index >= 15 is 0 Å². The summed E-state index contributed by atoms with van der Waals surface area (Å²) in [4.78, 5) is 38.0. The van der Waals surface area contributed by atoms with Crippen LogP contribution in [0.1, 0.15) is 26.7 Å². The van der Waals surface area contributed by atoms with Gasteiger partial charge in [-0.1, -0.05) is 37.6 Å². The summed E-state index contributed by atoms with van der Waals surface area (Å²) in [5.41, 5.74) is 0.142. The monoisotopic (exact) mass is 395 g/mol. The van der Waals surface area contributed by atoms with Crippen LogP contribution in [0.3, 0.4) is 0 Å². The molecule has 0 radical (unpaired) electrons. The van der Waals surface area contributed by atoms with Crippen molar-refractivity contribution in [2.45, 2.75) is 39.8 Å². The molecule has 3 aromatic rings. The average Bonchev–Trinajstić information content (AvgIpc) is 2.73. The largest absolute Gasteiger partial charge is 0.491 e. The highest BCUT2D eigenvalue weighted by molar-refractivity contribution is 5.93. The molecule has 1 aromatic heterocycles. The highest BCUT2D eigenvalue weighted by Crippen LogP contribution is 2.24. The standard InChI is InChI=1S/C22H25N3O4/c1-3-5-14-29-19-13-9-7-11-17(19)23-20(26)15-25-18-12-8-6-10-16(18)21(27)24(4-2)22(25)28/h6-13H,3-5,14-15H2,1-2H3,(H,23,26). The molecular formula is C22H25N3O4. The Kier molecular flexibility index (Phi) is 6.49. The van der Waals surface area contributed by atoms with E-state index < -0.39 is 5.69 Å². The number of unbranched alkanes of at least 4 members (excludes halogenated alkanes) is 1. The number of carbonyl (C=O) groups excluding carboxylic acids is 1. The first kappa shape index (κ1) is 20.4. The van der Waals surface area contributed by atoms with E-state index in [9.17, 15) is 14.4 Å². The number of hydrogen-bond donors (Lipinski definition) is 1. The Bertz CT molecular complexity index is 1130. The maximum absolute atomic E-state index is 12.8. The number of ether oxygens (including phenoxy) is 1. The summed E-state index contributed by atoms with van der Waals surface area (Å²) in [6, 6.07) is 14.0. The number of hydrogen-bond acceptors (Lipinski definition) is 4. The van der Waals surface area contributed by atoms with Gasteiger partial charge in [-0.2, -0.15) is 0 Å². The number of anilines is 1. The number of para-hydroxylation sites is 3. The van der Waals surface area contributed by atoms with Crippen molar-refractivity contribution in [1.82, 2.24) is 9.13 Å². The third-order valence-electron chi connectivity index (χ3n) is 4.67. The zero-order valence-corrected chi connectivity index (χ0v) is 16.7. The number of aromatic nitrogens is 2. The minimum absolute atomic E-state index is 0.205. The Labute approximate surface area is 168 Å². The van der Waals surface area contributed by atoms with Gasteiger partial charge in [0.1, 0.15) is 12.3 Å². The van der Waals surface area contributed by atoms with Gasteiger partial charge in [-0.25, -0.2) is 4.79 Å². The van der Waals surface area contributed by atoms with E-state index in [1.165, 1.54) is 4.57 Å². The molecule has 3 rings (SSSR count). The van der Waals surface area contributed by atoms with Gasteiger partial charge in [-0.15, -0.1) is 0 Å². The summed E-state index contributed by atoms with van der Waals surface area (Å²) in [5, 5.41) is 3.23. The molecule has 7 nitrogen and oxygen atoms in total. The van der Waals surface area contributed by atoms with E-state index in [2.05, 4.69) is 12.2 Å². The van der Waals surface area contributed by atoms with Gasteiger partial charge in [0, 0.05) is 6.54 Å². The number of nitrogens with zero attached hydrogens (tertiary/aromatic N) is 2. The summed E-state index contributed by atoms with van der Waals surface area (Å²) < 4.78 is 8.21. The summed E-state index contributed by atoms with van der Waals surface area (Å²) in [6.07, 6.45) is 1.93. The molecule has 1 heterocycles. The lowest BCUT2D eigenvalue weighted by atomic mass is 10.2. The van der Waals surface area contributed by atoms with E-state index in [0.717, 1.165) is 17.4 Å². The maximum Gasteiger partial charge on any atom is 0.331 e. The zero-order valence-electron chi connectivity index (χ0n) is 16.7. The molecular weight excluding hydrogens is 370 g/mol. The number of nitrogens with one attached hydrogen (secondary N) is 1. The zero-order chi connectivity index (χ0) is 20.8. The second-order valence-electron chi connectivity index (χ2n) is 6.68. The van der Waals surface area contributed by atoms with Crippen LogP contribution in [-0.4, -0.2) is 21.6 Å². The third-order valence-corrected chi connectivity index (χ3v) is 4.67. The molecule has 0 aliphatic rings. The summed E-state index contributed by atoms with van der Waals surface area (Å²) in [7, 11) is 0. The van der Waals surface area contributed by atoms with E-state index in [1.54, 1.807) is 49.4 Å². The van der Waals surface area contributed by atoms with E-state index in [0.29, 0.717) is 28.9 Å². The van der Waals surface area contributed by atoms with Crippen molar-refractivity contribution in [2.24, 2.45) is 0 Å². The van der Waals surface area contributed by atoms with Crippen LogP contribution in [0.5, 0.6) is 5.75 Å². The number of fused-ring (bicyclic) bond motifs is 1. The first-order chi connectivity index (χ1) is 14.1. The van der Waals surface area contributed by atoms with Gasteiger partial charge >= 0.3 is 5.69 Å². The first-order valence-corrected chi connectivity index (χ1v) is 9.80. The summed E-state index contributed by atoms with van der Waals surface area (Å²) >= 11 is 0. The van der Waals surface area contributed by atoms with Gasteiger partial charge in [0.15, 0.2) is 0 Å². The van der Waals surface area contributed by atoms with Gasteiger partial charge in [-0.05, 0) is 37.6 Å². The molecule has 0 aliphatic carbocycles. The van der Waals surface area contributed by atoms with Crippen LogP contribution in [0.4, 0.5) is 5.69 Å². The van der Waals surface area contributed by atoms with Crippen LogP contribution in [0.2, 0.25) is 0 Å². The number of rotatable bonds is 8. The van der Waals surface area contributed by atoms with Crippen molar-refractivity contribution in [3.63, 3.8) is 0 Å². The predicted molar refractivity (Wildman–Crippen MR) is 114 cm³/mol. The van der Waals surface area contributed by atoms with E-state index in [4.69, 9.17) is 4.74 Å². The van der Waals surface area contributed by atoms with Crippen LogP contribution < -0.4 is 21.3 Å². The minimum Gasteiger partial charge on any atom is -0.491 e. The first-order valence-electron chi connectivity index (χ1n) is 9.80. The highest BCUT2D eigenvalue weighted by Gasteiger charge is 2.15. The normalized spacial score (nSPS) is 10.8. The second-order valence-corrected chi connectivity index (χ2v) is 6.68. The van der Waals surface area contributed by atoms with Crippen LogP contribution in [0, 0.1) is 0 Å². The molecule has 0 bridgehead atoms. The SMILES string of the molecule is CCCCOc1ccccc1NC(=O)Cn1c(=O)n(CC)c(=O)c2ccccc21. The predicted octanol–water partition coefficient (Wildman–Crippen LogP) is 3.00. The van der Waals surface area contributed by atoms with Crippen LogP contribution >= 0.6 is 0 Å². The van der Waals surface area contributed by atoms with Crippen LogP contribution in [0.15, 0.2) is 58.1 Å². The van der Waals surface area contributed by atoms with Gasteiger partial charge in [-0.3, -0.25) is 18.7 Å². The third kappa shape index (κ3) is 4.39. The topological polar surface area (TPSA) is 82.3 Å². The Hall–Kier alpha value is -3.35.